The molecule has 2 amide bonds. The van der Waals surface area contributed by atoms with Gasteiger partial charge in [-0.05, 0) is 17.7 Å². The van der Waals surface area contributed by atoms with E-state index >= 15 is 0 Å². The lowest BCUT2D eigenvalue weighted by atomic mass is 10.1. The number of fused-ring (bicyclic) bond motifs is 1. The molecule has 33 heavy (non-hydrogen) atoms. The molecule has 0 fully saturated rings. The Bertz CT molecular complexity index is 1180. The Hall–Kier alpha value is -4.21. The molecule has 4 rings (SSSR count). The molecule has 0 aliphatic carbocycles. The Kier molecular flexibility index (Phi) is 6.07. The Labute approximate surface area is 190 Å². The van der Waals surface area contributed by atoms with Crippen molar-refractivity contribution < 1.29 is 28.5 Å². The Balaban J connectivity index is 1.54. The van der Waals surface area contributed by atoms with Gasteiger partial charge >= 0.3 is 0 Å². The third kappa shape index (κ3) is 4.14. The van der Waals surface area contributed by atoms with E-state index in [-0.39, 0.29) is 18.2 Å². The number of nitrogens with zero attached hydrogens (tertiary/aromatic N) is 2. The maximum atomic E-state index is 12.8. The van der Waals surface area contributed by atoms with E-state index in [2.05, 4.69) is 15.7 Å². The van der Waals surface area contributed by atoms with Crippen molar-refractivity contribution in [2.75, 3.05) is 39.1 Å². The average Bonchev–Trinajstić information content (AvgIpc) is 3.37. The summed E-state index contributed by atoms with van der Waals surface area (Å²) in [6, 6.07) is 9.91. The summed E-state index contributed by atoms with van der Waals surface area (Å²) in [5.74, 6) is 1.79. The van der Waals surface area contributed by atoms with Crippen LogP contribution in [0.25, 0.3) is 11.1 Å². The highest BCUT2D eigenvalue weighted by Gasteiger charge is 2.35. The maximum Gasteiger partial charge on any atom is 0.251 e. The summed E-state index contributed by atoms with van der Waals surface area (Å²) in [4.78, 5) is 25.4. The first-order valence-electron chi connectivity index (χ1n) is 10.1. The first kappa shape index (κ1) is 22.0. The lowest BCUT2D eigenvalue weighted by Gasteiger charge is -2.15. The summed E-state index contributed by atoms with van der Waals surface area (Å²) in [6.45, 7) is 0. The smallest absolute Gasteiger partial charge is 0.251 e. The topological polar surface area (TPSA) is 113 Å². The standard InChI is InChI=1S/C23H24N4O6/c1-30-15-7-5-6-13(8-15)16-12-24-27-17(23(29)26-22(16)27)11-20(28)25-14-9-18(31-2)21(33-4)19(10-14)32-3/h5-10,12,17H,11H2,1-4H3,(H,25,28)(H,26,29). The molecule has 1 aliphatic heterocycles. The number of nitrogens with one attached hydrogen (secondary N) is 2. The number of methoxy groups -OCH3 is 4. The van der Waals surface area contributed by atoms with Crippen LogP contribution in [0.5, 0.6) is 23.0 Å². The summed E-state index contributed by atoms with van der Waals surface area (Å²) in [5.41, 5.74) is 2.04. The van der Waals surface area contributed by atoms with Crippen LogP contribution in [0.15, 0.2) is 42.6 Å². The van der Waals surface area contributed by atoms with E-state index in [1.54, 1.807) is 25.4 Å². The molecule has 1 aromatic heterocycles. The van der Waals surface area contributed by atoms with Gasteiger partial charge in [-0.3, -0.25) is 9.59 Å². The minimum absolute atomic E-state index is 0.102. The molecular weight excluding hydrogens is 428 g/mol. The predicted octanol–water partition coefficient (Wildman–Crippen LogP) is 3.11. The predicted molar refractivity (Wildman–Crippen MR) is 121 cm³/mol. The second-order valence-corrected chi connectivity index (χ2v) is 7.25. The number of ether oxygens (including phenoxy) is 4. The molecule has 0 spiro atoms. The second kappa shape index (κ2) is 9.11. The Morgan fingerprint density at radius 1 is 1.06 bits per heavy atom. The van der Waals surface area contributed by atoms with E-state index < -0.39 is 6.04 Å². The molecule has 0 saturated carbocycles. The molecular formula is C23H24N4O6. The van der Waals surface area contributed by atoms with Crippen LogP contribution in [0.2, 0.25) is 0 Å². The van der Waals surface area contributed by atoms with Gasteiger partial charge in [0.05, 0.1) is 41.1 Å². The molecule has 2 N–H and O–H groups in total. The SMILES string of the molecule is COc1cccc(-c2cnn3c2NC(=O)C3CC(=O)Nc2cc(OC)c(OC)c(OC)c2)c1. The van der Waals surface area contributed by atoms with Crippen LogP contribution in [-0.4, -0.2) is 50.0 Å². The van der Waals surface area contributed by atoms with Crippen LogP contribution in [-0.2, 0) is 9.59 Å². The number of rotatable bonds is 8. The highest BCUT2D eigenvalue weighted by molar-refractivity contribution is 6.04. The van der Waals surface area contributed by atoms with Crippen LogP contribution in [0.4, 0.5) is 11.5 Å². The molecule has 2 heterocycles. The van der Waals surface area contributed by atoms with Crippen molar-refractivity contribution >= 4 is 23.3 Å². The van der Waals surface area contributed by atoms with Crippen LogP contribution in [0.3, 0.4) is 0 Å². The number of anilines is 2. The van der Waals surface area contributed by atoms with Gasteiger partial charge in [0.1, 0.15) is 17.6 Å². The first-order valence-corrected chi connectivity index (χ1v) is 10.1. The van der Waals surface area contributed by atoms with Gasteiger partial charge in [0.25, 0.3) is 5.91 Å². The normalized spacial score (nSPS) is 14.3. The van der Waals surface area contributed by atoms with E-state index in [4.69, 9.17) is 18.9 Å². The lowest BCUT2D eigenvalue weighted by Crippen LogP contribution is -2.23. The maximum absolute atomic E-state index is 12.8. The van der Waals surface area contributed by atoms with Crippen molar-refractivity contribution in [1.29, 1.82) is 0 Å². The monoisotopic (exact) mass is 452 g/mol. The summed E-state index contributed by atoms with van der Waals surface area (Å²) in [7, 11) is 6.07. The van der Waals surface area contributed by atoms with Gasteiger partial charge in [0, 0.05) is 23.4 Å². The fourth-order valence-corrected chi connectivity index (χ4v) is 3.76. The lowest BCUT2D eigenvalue weighted by molar-refractivity contribution is -0.123. The van der Waals surface area contributed by atoms with E-state index in [0.29, 0.717) is 34.5 Å². The zero-order valence-electron chi connectivity index (χ0n) is 18.7. The highest BCUT2D eigenvalue weighted by Crippen LogP contribution is 2.40. The summed E-state index contributed by atoms with van der Waals surface area (Å²) in [6.07, 6.45) is 1.56. The number of benzene rings is 2. The zero-order valence-corrected chi connectivity index (χ0v) is 18.7. The van der Waals surface area contributed by atoms with Crippen molar-refractivity contribution in [2.24, 2.45) is 0 Å². The minimum Gasteiger partial charge on any atom is -0.497 e. The molecule has 0 saturated heterocycles. The number of hydrogen-bond acceptors (Lipinski definition) is 7. The number of aromatic nitrogens is 2. The van der Waals surface area contributed by atoms with Crippen molar-refractivity contribution in [2.45, 2.75) is 12.5 Å². The minimum atomic E-state index is -0.776. The largest absolute Gasteiger partial charge is 0.497 e. The van der Waals surface area contributed by atoms with Gasteiger partial charge in [0.2, 0.25) is 11.7 Å². The molecule has 10 nitrogen and oxygen atoms in total. The molecule has 10 heteroatoms. The van der Waals surface area contributed by atoms with Gasteiger partial charge in [-0.1, -0.05) is 12.1 Å². The molecule has 1 atom stereocenters. The molecule has 1 aliphatic rings. The van der Waals surface area contributed by atoms with Crippen LogP contribution in [0.1, 0.15) is 12.5 Å². The van der Waals surface area contributed by atoms with Crippen molar-refractivity contribution in [1.82, 2.24) is 9.78 Å². The van der Waals surface area contributed by atoms with Gasteiger partial charge in [-0.2, -0.15) is 5.10 Å². The second-order valence-electron chi connectivity index (χ2n) is 7.25. The van der Waals surface area contributed by atoms with E-state index in [9.17, 15) is 9.59 Å². The number of carbonyl (C=O) groups excluding carboxylic acids is 2. The molecule has 0 radical (unpaired) electrons. The average molecular weight is 452 g/mol. The Morgan fingerprint density at radius 2 is 1.79 bits per heavy atom. The molecule has 2 aromatic carbocycles. The highest BCUT2D eigenvalue weighted by atomic mass is 16.5. The number of carbonyl (C=O) groups is 2. The molecule has 3 aromatic rings. The first-order chi connectivity index (χ1) is 16.0. The van der Waals surface area contributed by atoms with E-state index in [1.165, 1.54) is 26.0 Å². The van der Waals surface area contributed by atoms with Crippen LogP contribution < -0.4 is 29.6 Å². The third-order valence-corrected chi connectivity index (χ3v) is 5.34. The summed E-state index contributed by atoms with van der Waals surface area (Å²) >= 11 is 0. The van der Waals surface area contributed by atoms with Gasteiger partial charge in [0.15, 0.2) is 11.5 Å². The zero-order chi connectivity index (χ0) is 23.5. The van der Waals surface area contributed by atoms with Crippen molar-refractivity contribution in [3.63, 3.8) is 0 Å². The Morgan fingerprint density at radius 3 is 2.42 bits per heavy atom. The van der Waals surface area contributed by atoms with Crippen molar-refractivity contribution in [3.8, 4) is 34.1 Å². The van der Waals surface area contributed by atoms with Gasteiger partial charge < -0.3 is 29.6 Å². The quantitative estimate of drug-likeness (QED) is 0.540. The van der Waals surface area contributed by atoms with E-state index in [0.717, 1.165) is 11.1 Å². The van der Waals surface area contributed by atoms with E-state index in [1.807, 2.05) is 24.3 Å². The fraction of sp³-hybridized carbons (Fsp3) is 0.261. The van der Waals surface area contributed by atoms with Crippen molar-refractivity contribution in [3.05, 3.63) is 42.6 Å². The number of amides is 2. The van der Waals surface area contributed by atoms with Crippen LogP contribution in [0, 0.1) is 0 Å². The van der Waals surface area contributed by atoms with Crippen LogP contribution >= 0.6 is 0 Å². The molecule has 172 valence electrons. The molecule has 0 bridgehead atoms. The third-order valence-electron chi connectivity index (χ3n) is 5.34. The fourth-order valence-electron chi connectivity index (χ4n) is 3.76. The number of hydrogen-bond donors (Lipinski definition) is 2. The van der Waals surface area contributed by atoms with Gasteiger partial charge in [-0.25, -0.2) is 4.68 Å². The summed E-state index contributed by atoms with van der Waals surface area (Å²) in [5, 5.41) is 9.97. The molecule has 1 unspecified atom stereocenters. The summed E-state index contributed by atoms with van der Waals surface area (Å²) < 4.78 is 22.7. The van der Waals surface area contributed by atoms with Gasteiger partial charge in [-0.15, -0.1) is 0 Å².